The highest BCUT2D eigenvalue weighted by atomic mass is 19.3. The number of alkyl halides is 2. The molecule has 0 unspecified atom stereocenters. The number of nitrogens with one attached hydrogen (secondary N) is 1. The average Bonchev–Trinajstić information content (AvgIpc) is 2.66. The van der Waals surface area contributed by atoms with Crippen molar-refractivity contribution < 1.29 is 32.6 Å². The normalized spacial score (nSPS) is 10.4. The van der Waals surface area contributed by atoms with Gasteiger partial charge < -0.3 is 19.5 Å². The van der Waals surface area contributed by atoms with Gasteiger partial charge in [-0.25, -0.2) is 0 Å². The van der Waals surface area contributed by atoms with Crippen molar-refractivity contribution in [2.75, 3.05) is 19.0 Å². The smallest absolute Gasteiger partial charge is 0.387 e. The van der Waals surface area contributed by atoms with E-state index >= 15 is 0 Å². The van der Waals surface area contributed by atoms with Gasteiger partial charge in [-0.15, -0.1) is 0 Å². The van der Waals surface area contributed by atoms with E-state index < -0.39 is 25.1 Å². The van der Waals surface area contributed by atoms with Gasteiger partial charge in [0.25, 0.3) is 5.91 Å². The molecule has 0 bridgehead atoms. The van der Waals surface area contributed by atoms with Gasteiger partial charge in [0.1, 0.15) is 11.5 Å². The first kappa shape index (κ1) is 20.2. The van der Waals surface area contributed by atoms with Crippen molar-refractivity contribution in [3.63, 3.8) is 0 Å². The molecule has 6 nitrogen and oxygen atoms in total. The van der Waals surface area contributed by atoms with Gasteiger partial charge in [0, 0.05) is 12.1 Å². The van der Waals surface area contributed by atoms with E-state index in [0.717, 1.165) is 11.3 Å². The summed E-state index contributed by atoms with van der Waals surface area (Å²) < 4.78 is 38.3. The summed E-state index contributed by atoms with van der Waals surface area (Å²) in [5.41, 5.74) is 1.32. The maximum absolute atomic E-state index is 12.1. The molecular weight excluding hydrogens is 360 g/mol. The molecule has 0 saturated heterocycles. The largest absolute Gasteiger partial charge is 0.497 e. The molecule has 1 amide bonds. The fourth-order valence-corrected chi connectivity index (χ4v) is 2.17. The summed E-state index contributed by atoms with van der Waals surface area (Å²) in [6.45, 7) is -3.35. The summed E-state index contributed by atoms with van der Waals surface area (Å²) in [5, 5.41) is 2.49. The minimum atomic E-state index is -2.91. The summed E-state index contributed by atoms with van der Waals surface area (Å²) in [6, 6.07) is 12.7. The van der Waals surface area contributed by atoms with E-state index in [0.29, 0.717) is 12.1 Å². The number of esters is 1. The number of anilines is 1. The molecule has 2 aromatic rings. The number of ether oxygens (including phenoxy) is 3. The third-order valence-corrected chi connectivity index (χ3v) is 3.50. The zero-order valence-corrected chi connectivity index (χ0v) is 14.6. The fourth-order valence-electron chi connectivity index (χ4n) is 2.17. The first-order chi connectivity index (χ1) is 13.0. The molecule has 0 aromatic heterocycles. The number of methoxy groups -OCH3 is 1. The number of carbonyl (C=O) groups excluding carboxylic acids is 2. The molecule has 27 heavy (non-hydrogen) atoms. The van der Waals surface area contributed by atoms with Crippen molar-refractivity contribution in [2.45, 2.75) is 19.5 Å². The van der Waals surface area contributed by atoms with E-state index in [1.807, 2.05) is 12.1 Å². The molecule has 0 spiro atoms. The lowest BCUT2D eigenvalue weighted by Crippen LogP contribution is -2.21. The lowest BCUT2D eigenvalue weighted by atomic mass is 10.1. The van der Waals surface area contributed by atoms with E-state index in [1.165, 1.54) is 24.3 Å². The maximum Gasteiger partial charge on any atom is 0.387 e. The number of hydrogen-bond donors (Lipinski definition) is 1. The molecule has 0 saturated carbocycles. The molecule has 0 atom stereocenters. The predicted molar refractivity (Wildman–Crippen MR) is 94.0 cm³/mol. The number of rotatable bonds is 9. The van der Waals surface area contributed by atoms with Crippen LogP contribution in [0.15, 0.2) is 48.5 Å². The van der Waals surface area contributed by atoms with Crippen molar-refractivity contribution >= 4 is 17.6 Å². The number of carbonyl (C=O) groups is 2. The van der Waals surface area contributed by atoms with Crippen LogP contribution in [0.4, 0.5) is 14.5 Å². The summed E-state index contributed by atoms with van der Waals surface area (Å²) in [7, 11) is 1.57. The molecule has 0 aliphatic heterocycles. The summed E-state index contributed by atoms with van der Waals surface area (Å²) in [6.07, 6.45) is 0.620. The van der Waals surface area contributed by atoms with Crippen LogP contribution < -0.4 is 14.8 Å². The first-order valence-electron chi connectivity index (χ1n) is 8.09. The highest BCUT2D eigenvalue weighted by molar-refractivity contribution is 5.92. The highest BCUT2D eigenvalue weighted by Gasteiger charge is 2.09. The molecule has 0 aliphatic rings. The van der Waals surface area contributed by atoms with Gasteiger partial charge in [0.2, 0.25) is 0 Å². The summed E-state index contributed by atoms with van der Waals surface area (Å²) in [5.74, 6) is -0.322. The molecule has 8 heteroatoms. The van der Waals surface area contributed by atoms with Crippen LogP contribution in [0.1, 0.15) is 12.0 Å². The van der Waals surface area contributed by atoms with Crippen molar-refractivity contribution in [3.05, 3.63) is 54.1 Å². The minimum absolute atomic E-state index is 0.0204. The van der Waals surface area contributed by atoms with E-state index in [9.17, 15) is 18.4 Å². The van der Waals surface area contributed by atoms with Crippen LogP contribution in [0.3, 0.4) is 0 Å². The molecule has 0 aliphatic carbocycles. The van der Waals surface area contributed by atoms with Gasteiger partial charge in [-0.1, -0.05) is 12.1 Å². The molecular formula is C19H19F2NO5. The quantitative estimate of drug-likeness (QED) is 0.676. The Bertz CT molecular complexity index is 748. The molecule has 144 valence electrons. The first-order valence-corrected chi connectivity index (χ1v) is 8.09. The van der Waals surface area contributed by atoms with Crippen molar-refractivity contribution in [3.8, 4) is 11.5 Å². The van der Waals surface area contributed by atoms with Crippen molar-refractivity contribution in [1.29, 1.82) is 0 Å². The van der Waals surface area contributed by atoms with Crippen LogP contribution in [0.25, 0.3) is 0 Å². The summed E-state index contributed by atoms with van der Waals surface area (Å²) in [4.78, 5) is 23.5. The average molecular weight is 379 g/mol. The molecule has 0 fully saturated rings. The molecule has 0 heterocycles. The topological polar surface area (TPSA) is 73.9 Å². The number of halogens is 2. The van der Waals surface area contributed by atoms with Crippen LogP contribution in [0, 0.1) is 0 Å². The lowest BCUT2D eigenvalue weighted by molar-refractivity contribution is -0.147. The zero-order valence-electron chi connectivity index (χ0n) is 14.6. The van der Waals surface area contributed by atoms with Crippen molar-refractivity contribution in [1.82, 2.24) is 0 Å². The van der Waals surface area contributed by atoms with Crippen LogP contribution in [-0.4, -0.2) is 32.2 Å². The molecule has 2 rings (SSSR count). The van der Waals surface area contributed by atoms with Crippen molar-refractivity contribution in [2.24, 2.45) is 0 Å². The standard InChI is InChI=1S/C19H19F2NO5/c1-25-15-7-2-13(3-8-15)4-11-18(24)26-12-17(23)22-14-5-9-16(10-6-14)27-19(20)21/h2-3,5-10,19H,4,11-12H2,1H3,(H,22,23). The van der Waals surface area contributed by atoms with E-state index in [1.54, 1.807) is 19.2 Å². The molecule has 0 radical (unpaired) electrons. The van der Waals surface area contributed by atoms with E-state index in [2.05, 4.69) is 10.1 Å². The van der Waals surface area contributed by atoms with Gasteiger partial charge in [-0.05, 0) is 48.4 Å². The number of amides is 1. The van der Waals surface area contributed by atoms with Gasteiger partial charge in [0.15, 0.2) is 6.61 Å². The Morgan fingerprint density at radius 1 is 1.00 bits per heavy atom. The van der Waals surface area contributed by atoms with Gasteiger partial charge in [0.05, 0.1) is 7.11 Å². The monoisotopic (exact) mass is 379 g/mol. The van der Waals surface area contributed by atoms with Crippen LogP contribution in [-0.2, 0) is 20.7 Å². The Kier molecular flexibility index (Phi) is 7.54. The number of hydrogen-bond acceptors (Lipinski definition) is 5. The van der Waals surface area contributed by atoms with E-state index in [-0.39, 0.29) is 12.2 Å². The second kappa shape index (κ2) is 10.1. The van der Waals surface area contributed by atoms with Gasteiger partial charge in [-0.3, -0.25) is 9.59 Å². The lowest BCUT2D eigenvalue weighted by Gasteiger charge is -2.08. The zero-order chi connectivity index (χ0) is 19.6. The third-order valence-electron chi connectivity index (χ3n) is 3.50. The van der Waals surface area contributed by atoms with E-state index in [4.69, 9.17) is 9.47 Å². The Labute approximate surface area is 155 Å². The third kappa shape index (κ3) is 7.31. The second-order valence-corrected chi connectivity index (χ2v) is 5.46. The van der Waals surface area contributed by atoms with Crippen LogP contribution in [0.5, 0.6) is 11.5 Å². The Morgan fingerprint density at radius 3 is 2.22 bits per heavy atom. The maximum atomic E-state index is 12.1. The van der Waals surface area contributed by atoms with Crippen LogP contribution >= 0.6 is 0 Å². The van der Waals surface area contributed by atoms with Crippen LogP contribution in [0.2, 0.25) is 0 Å². The minimum Gasteiger partial charge on any atom is -0.497 e. The number of aryl methyl sites for hydroxylation is 1. The second-order valence-electron chi connectivity index (χ2n) is 5.46. The Hall–Kier alpha value is -3.16. The highest BCUT2D eigenvalue weighted by Crippen LogP contribution is 2.17. The van der Waals surface area contributed by atoms with Gasteiger partial charge in [-0.2, -0.15) is 8.78 Å². The number of benzene rings is 2. The Balaban J connectivity index is 1.70. The fraction of sp³-hybridized carbons (Fsp3) is 0.263. The van der Waals surface area contributed by atoms with Gasteiger partial charge >= 0.3 is 12.6 Å². The summed E-state index contributed by atoms with van der Waals surface area (Å²) >= 11 is 0. The SMILES string of the molecule is COc1ccc(CCC(=O)OCC(=O)Nc2ccc(OC(F)F)cc2)cc1. The Morgan fingerprint density at radius 2 is 1.63 bits per heavy atom. The molecule has 1 N–H and O–H groups in total. The predicted octanol–water partition coefficient (Wildman–Crippen LogP) is 3.41. The molecule has 2 aromatic carbocycles.